The molecular weight excluding hydrogens is 828 g/mol. The molecule has 0 atom stereocenters. The molecule has 0 aliphatic carbocycles. The van der Waals surface area contributed by atoms with Gasteiger partial charge >= 0.3 is 5.97 Å². The highest BCUT2D eigenvalue weighted by molar-refractivity contribution is 14.1. The van der Waals surface area contributed by atoms with E-state index in [4.69, 9.17) is 10.8 Å². The van der Waals surface area contributed by atoms with Gasteiger partial charge in [0.2, 0.25) is 0 Å². The van der Waals surface area contributed by atoms with Gasteiger partial charge in [0, 0.05) is 18.5 Å². The molecule has 8 nitrogen and oxygen atoms in total. The molecule has 44 heavy (non-hydrogen) atoms. The highest BCUT2D eigenvalue weighted by atomic mass is 127. The van der Waals surface area contributed by atoms with Gasteiger partial charge < -0.3 is 21.5 Å². The average molecular weight is 851 g/mol. The topological polar surface area (TPSA) is 129 Å². The maximum atomic E-state index is 14.2. The molecule has 230 valence electrons. The van der Waals surface area contributed by atoms with Gasteiger partial charge in [0.05, 0.1) is 22.5 Å². The predicted octanol–water partition coefficient (Wildman–Crippen LogP) is 7.42. The lowest BCUT2D eigenvalue weighted by Crippen LogP contribution is -2.44. The quantitative estimate of drug-likeness (QED) is 0.0513. The fourth-order valence-corrected chi connectivity index (χ4v) is 5.05. The van der Waals surface area contributed by atoms with E-state index in [9.17, 15) is 27.2 Å². The number of aromatic carboxylic acids is 1. The smallest absolute Gasteiger partial charge is 0.337 e. The zero-order chi connectivity index (χ0) is 32.7. The van der Waals surface area contributed by atoms with Crippen molar-refractivity contribution < 1.29 is 32.3 Å². The van der Waals surface area contributed by atoms with Crippen molar-refractivity contribution >= 4 is 97.1 Å². The first-order valence-corrected chi connectivity index (χ1v) is 14.9. The number of anilines is 4. The molecule has 4 rings (SSSR count). The number of rotatable bonds is 6. The number of benzene rings is 4. The molecule has 0 aliphatic heterocycles. The zero-order valence-electron chi connectivity index (χ0n) is 22.8. The number of carboxylic acid groups (broad SMARTS) is 1. The van der Waals surface area contributed by atoms with E-state index in [1.165, 1.54) is 6.07 Å². The summed E-state index contributed by atoms with van der Waals surface area (Å²) in [5.74, 6) is -6.57. The van der Waals surface area contributed by atoms with E-state index in [-0.39, 0.29) is 27.6 Å². The Labute approximate surface area is 282 Å². The number of halogens is 6. The van der Waals surface area contributed by atoms with Crippen molar-refractivity contribution in [3.63, 3.8) is 0 Å². The van der Waals surface area contributed by atoms with Crippen LogP contribution >= 0.6 is 57.4 Å². The molecule has 0 radical (unpaired) electrons. The summed E-state index contributed by atoms with van der Waals surface area (Å²) < 4.78 is 56.9. The minimum atomic E-state index is -1.32. The van der Waals surface area contributed by atoms with Crippen LogP contribution in [0.3, 0.4) is 0 Å². The summed E-state index contributed by atoms with van der Waals surface area (Å²) in [7, 11) is 0. The number of carbonyl (C=O) groups is 2. The molecule has 0 fully saturated rings. The first-order chi connectivity index (χ1) is 20.7. The van der Waals surface area contributed by atoms with Crippen molar-refractivity contribution in [2.75, 3.05) is 10.6 Å². The molecular formula is C29H23F4I2N5O3S. The normalized spacial score (nSPS) is 10.3. The Hall–Kier alpha value is -3.71. The monoisotopic (exact) mass is 851 g/mol. The van der Waals surface area contributed by atoms with E-state index in [2.05, 4.69) is 78.9 Å². The van der Waals surface area contributed by atoms with E-state index in [0.29, 0.717) is 11.4 Å². The molecule has 0 unspecified atom stereocenters. The maximum absolute atomic E-state index is 14.2. The maximum Gasteiger partial charge on any atom is 0.337 e. The lowest BCUT2D eigenvalue weighted by Gasteiger charge is -2.15. The summed E-state index contributed by atoms with van der Waals surface area (Å²) in [6.07, 6.45) is 0. The standard InChI is InChI=1S/C15H13F2IN4OS.C14H10F2INO2/c1-7-6-8(18)2-5-11(7)20-13-9(3-4-10(16)12(13)17)14(23)21-22-15(19)24;1-7-6-8(17)2-5-11(7)18-13-9(14(19)20)3-4-10(15)12(13)16/h2-6,20H,1H3,(H,21,23)(H3,19,22,24);2-6,18H,1H3,(H,19,20). The Bertz CT molecular complexity index is 1760. The van der Waals surface area contributed by atoms with E-state index >= 15 is 0 Å². The van der Waals surface area contributed by atoms with Gasteiger partial charge in [0.15, 0.2) is 28.4 Å². The van der Waals surface area contributed by atoms with Gasteiger partial charge in [-0.2, -0.15) is 0 Å². The minimum absolute atomic E-state index is 0.101. The number of hydrazine groups is 1. The molecule has 15 heteroatoms. The third-order valence-corrected chi connectivity index (χ3v) is 7.30. The molecule has 0 saturated carbocycles. The highest BCUT2D eigenvalue weighted by Crippen LogP contribution is 2.30. The van der Waals surface area contributed by atoms with Crippen LogP contribution in [0.15, 0.2) is 60.7 Å². The van der Waals surface area contributed by atoms with Crippen molar-refractivity contribution in [2.45, 2.75) is 13.8 Å². The Morgan fingerprint density at radius 1 is 0.727 bits per heavy atom. The molecule has 0 aromatic heterocycles. The van der Waals surface area contributed by atoms with Gasteiger partial charge in [-0.15, -0.1) is 0 Å². The summed E-state index contributed by atoms with van der Waals surface area (Å²) in [6.45, 7) is 3.61. The SMILES string of the molecule is Cc1cc(I)ccc1Nc1c(C(=O)NNC(N)=S)ccc(F)c1F.Cc1cc(I)ccc1Nc1c(C(=O)O)ccc(F)c1F. The van der Waals surface area contributed by atoms with Crippen molar-refractivity contribution in [1.82, 2.24) is 10.9 Å². The summed E-state index contributed by atoms with van der Waals surface area (Å²) in [6, 6.07) is 14.6. The molecule has 0 bridgehead atoms. The second-order valence-electron chi connectivity index (χ2n) is 8.98. The van der Waals surface area contributed by atoms with Crippen LogP contribution in [0.5, 0.6) is 0 Å². The second kappa shape index (κ2) is 15.3. The number of carbonyl (C=O) groups excluding carboxylic acids is 1. The summed E-state index contributed by atoms with van der Waals surface area (Å²) in [5, 5.41) is 14.3. The lowest BCUT2D eigenvalue weighted by molar-refractivity contribution is 0.0697. The lowest BCUT2D eigenvalue weighted by atomic mass is 10.1. The fraction of sp³-hybridized carbons (Fsp3) is 0.0690. The number of hydrogen-bond donors (Lipinski definition) is 6. The summed E-state index contributed by atoms with van der Waals surface area (Å²) in [4.78, 5) is 23.2. The molecule has 0 saturated heterocycles. The number of nitrogens with two attached hydrogens (primary N) is 1. The molecule has 7 N–H and O–H groups in total. The van der Waals surface area contributed by atoms with Crippen molar-refractivity contribution in [3.05, 3.63) is 113 Å². The zero-order valence-corrected chi connectivity index (χ0v) is 27.9. The van der Waals surface area contributed by atoms with E-state index in [1.807, 2.05) is 19.1 Å². The average Bonchev–Trinajstić information content (AvgIpc) is 2.95. The molecule has 0 spiro atoms. The van der Waals surface area contributed by atoms with Crippen LogP contribution in [0.25, 0.3) is 0 Å². The first-order valence-electron chi connectivity index (χ1n) is 12.3. The summed E-state index contributed by atoms with van der Waals surface area (Å²) >= 11 is 8.85. The number of nitrogens with one attached hydrogen (secondary N) is 4. The van der Waals surface area contributed by atoms with E-state index < -0.39 is 35.1 Å². The van der Waals surface area contributed by atoms with Crippen LogP contribution in [0, 0.1) is 44.3 Å². The van der Waals surface area contributed by atoms with Gasteiger partial charge in [0.25, 0.3) is 5.91 Å². The number of aryl methyl sites for hydroxylation is 2. The van der Waals surface area contributed by atoms with E-state index in [1.54, 1.807) is 31.2 Å². The molecule has 4 aromatic rings. The highest BCUT2D eigenvalue weighted by Gasteiger charge is 2.20. The van der Waals surface area contributed by atoms with Crippen molar-refractivity contribution in [2.24, 2.45) is 5.73 Å². The Balaban J connectivity index is 0.000000244. The molecule has 4 aromatic carbocycles. The third-order valence-electron chi connectivity index (χ3n) is 5.86. The van der Waals surface area contributed by atoms with Crippen LogP contribution in [0.1, 0.15) is 31.8 Å². The second-order valence-corrected chi connectivity index (χ2v) is 11.9. The van der Waals surface area contributed by atoms with Crippen molar-refractivity contribution in [1.29, 1.82) is 0 Å². The first kappa shape index (κ1) is 34.8. The van der Waals surface area contributed by atoms with Crippen LogP contribution in [-0.4, -0.2) is 22.1 Å². The van der Waals surface area contributed by atoms with Crippen LogP contribution in [0.4, 0.5) is 40.3 Å². The third kappa shape index (κ3) is 8.91. The van der Waals surface area contributed by atoms with Gasteiger partial charge in [-0.25, -0.2) is 22.4 Å². The number of hydrogen-bond acceptors (Lipinski definition) is 5. The van der Waals surface area contributed by atoms with E-state index in [0.717, 1.165) is 36.5 Å². The Morgan fingerprint density at radius 2 is 1.16 bits per heavy atom. The number of amides is 1. The van der Waals surface area contributed by atoms with Gasteiger partial charge in [-0.3, -0.25) is 15.6 Å². The van der Waals surface area contributed by atoms with Crippen molar-refractivity contribution in [3.8, 4) is 0 Å². The Kier molecular flexibility index (Phi) is 12.1. The van der Waals surface area contributed by atoms with Crippen LogP contribution in [0.2, 0.25) is 0 Å². The minimum Gasteiger partial charge on any atom is -0.478 e. The van der Waals surface area contributed by atoms with Gasteiger partial charge in [-0.05, 0) is 143 Å². The number of carboxylic acids is 1. The fourth-order valence-electron chi connectivity index (χ4n) is 3.70. The summed E-state index contributed by atoms with van der Waals surface area (Å²) in [5.41, 5.74) is 11.3. The molecule has 0 aliphatic rings. The van der Waals surface area contributed by atoms with Gasteiger partial charge in [0.1, 0.15) is 0 Å². The molecule has 1 amide bonds. The Morgan fingerprint density at radius 3 is 1.57 bits per heavy atom. The van der Waals surface area contributed by atoms with Crippen LogP contribution in [-0.2, 0) is 0 Å². The van der Waals surface area contributed by atoms with Gasteiger partial charge in [-0.1, -0.05) is 0 Å². The predicted molar refractivity (Wildman–Crippen MR) is 181 cm³/mol. The van der Waals surface area contributed by atoms with Crippen LogP contribution < -0.4 is 27.2 Å². The number of thiocarbonyl (C=S) groups is 1. The molecule has 0 heterocycles. The largest absolute Gasteiger partial charge is 0.478 e.